The molecular weight excluding hydrogens is 182 g/mol. The molecule has 1 aliphatic carbocycles. The standard InChI is InChI=1S/C10H17NO3/c1-10(2,3)7-4-5-9(12)8(6-7)11(13)14/h7-8H,4-6H2,1-3H3. The second-order valence-corrected chi connectivity index (χ2v) is 5.10. The highest BCUT2D eigenvalue weighted by Gasteiger charge is 2.40. The summed E-state index contributed by atoms with van der Waals surface area (Å²) in [5.74, 6) is 0.0890. The molecule has 1 rings (SSSR count). The van der Waals surface area contributed by atoms with Crippen molar-refractivity contribution in [1.29, 1.82) is 0 Å². The first kappa shape index (κ1) is 11.1. The summed E-state index contributed by atoms with van der Waals surface area (Å²) in [4.78, 5) is 21.5. The molecule has 2 atom stereocenters. The topological polar surface area (TPSA) is 60.2 Å². The first-order chi connectivity index (χ1) is 6.32. The van der Waals surface area contributed by atoms with Gasteiger partial charge in [0.1, 0.15) is 0 Å². The average Bonchev–Trinajstić information content (AvgIpc) is 2.02. The lowest BCUT2D eigenvalue weighted by Crippen LogP contribution is -2.39. The molecule has 80 valence electrons. The molecule has 14 heavy (non-hydrogen) atoms. The molecule has 0 amide bonds. The highest BCUT2D eigenvalue weighted by Crippen LogP contribution is 2.37. The fraction of sp³-hybridized carbons (Fsp3) is 0.900. The number of nitrogens with zero attached hydrogens (tertiary/aromatic N) is 1. The van der Waals surface area contributed by atoms with E-state index in [0.717, 1.165) is 6.42 Å². The van der Waals surface area contributed by atoms with Crippen LogP contribution in [0.4, 0.5) is 0 Å². The van der Waals surface area contributed by atoms with Crippen LogP contribution in [0.1, 0.15) is 40.0 Å². The van der Waals surface area contributed by atoms with Gasteiger partial charge in [-0.25, -0.2) is 0 Å². The molecule has 0 aromatic heterocycles. The van der Waals surface area contributed by atoms with Gasteiger partial charge in [0.25, 0.3) is 6.04 Å². The molecule has 0 saturated heterocycles. The van der Waals surface area contributed by atoms with Gasteiger partial charge in [0.2, 0.25) is 5.78 Å². The third kappa shape index (κ3) is 2.30. The number of hydrogen-bond acceptors (Lipinski definition) is 3. The van der Waals surface area contributed by atoms with Gasteiger partial charge in [0, 0.05) is 17.8 Å². The van der Waals surface area contributed by atoms with Crippen LogP contribution in [-0.4, -0.2) is 16.7 Å². The molecule has 0 bridgehead atoms. The maximum Gasteiger partial charge on any atom is 0.270 e. The predicted molar refractivity (Wildman–Crippen MR) is 52.6 cm³/mol. The number of Topliss-reactive ketones (excluding diaryl/α,β-unsaturated/α-hetero) is 1. The molecule has 0 N–H and O–H groups in total. The van der Waals surface area contributed by atoms with Crippen molar-refractivity contribution < 1.29 is 9.72 Å². The lowest BCUT2D eigenvalue weighted by Gasteiger charge is -2.33. The number of carbonyl (C=O) groups is 1. The van der Waals surface area contributed by atoms with E-state index < -0.39 is 11.0 Å². The third-order valence-corrected chi connectivity index (χ3v) is 3.10. The van der Waals surface area contributed by atoms with E-state index in [9.17, 15) is 14.9 Å². The molecule has 1 aliphatic rings. The fourth-order valence-electron chi connectivity index (χ4n) is 1.99. The summed E-state index contributed by atoms with van der Waals surface area (Å²) in [6.07, 6.45) is 1.58. The fourth-order valence-corrected chi connectivity index (χ4v) is 1.99. The quantitative estimate of drug-likeness (QED) is 0.479. The Morgan fingerprint density at radius 3 is 2.43 bits per heavy atom. The van der Waals surface area contributed by atoms with Crippen molar-refractivity contribution >= 4 is 5.78 Å². The van der Waals surface area contributed by atoms with Gasteiger partial charge in [-0.15, -0.1) is 0 Å². The number of nitro groups is 1. The zero-order valence-electron chi connectivity index (χ0n) is 8.95. The van der Waals surface area contributed by atoms with Gasteiger partial charge in [0.15, 0.2) is 0 Å². The summed E-state index contributed by atoms with van der Waals surface area (Å²) in [5.41, 5.74) is 0.0644. The minimum absolute atomic E-state index is 0.0644. The highest BCUT2D eigenvalue weighted by molar-refractivity contribution is 5.83. The Balaban J connectivity index is 2.72. The van der Waals surface area contributed by atoms with Crippen LogP contribution in [0.3, 0.4) is 0 Å². The Morgan fingerprint density at radius 1 is 1.43 bits per heavy atom. The molecule has 1 saturated carbocycles. The molecule has 0 heterocycles. The molecule has 4 heteroatoms. The molecule has 0 aromatic rings. The van der Waals surface area contributed by atoms with Crippen molar-refractivity contribution in [1.82, 2.24) is 0 Å². The van der Waals surface area contributed by atoms with Gasteiger partial charge in [-0.2, -0.15) is 0 Å². The summed E-state index contributed by atoms with van der Waals surface area (Å²) < 4.78 is 0. The van der Waals surface area contributed by atoms with Crippen LogP contribution in [0.2, 0.25) is 0 Å². The minimum atomic E-state index is -0.951. The zero-order chi connectivity index (χ0) is 10.9. The van der Waals surface area contributed by atoms with E-state index >= 15 is 0 Å². The van der Waals surface area contributed by atoms with Crippen molar-refractivity contribution in [3.8, 4) is 0 Å². The van der Waals surface area contributed by atoms with Crippen molar-refractivity contribution in [2.24, 2.45) is 11.3 Å². The molecule has 4 nitrogen and oxygen atoms in total. The molecule has 0 radical (unpaired) electrons. The van der Waals surface area contributed by atoms with Crippen LogP contribution in [0.15, 0.2) is 0 Å². The largest absolute Gasteiger partial charge is 0.292 e. The van der Waals surface area contributed by atoms with E-state index in [1.165, 1.54) is 0 Å². The SMILES string of the molecule is CC(C)(C)C1CCC(=O)C([N+](=O)[O-])C1. The van der Waals surface area contributed by atoms with Crippen LogP contribution in [-0.2, 0) is 4.79 Å². The van der Waals surface area contributed by atoms with Crippen molar-refractivity contribution in [2.75, 3.05) is 0 Å². The Hall–Kier alpha value is -0.930. The molecule has 0 aromatic carbocycles. The third-order valence-electron chi connectivity index (χ3n) is 3.10. The summed E-state index contributed by atoms with van der Waals surface area (Å²) in [7, 11) is 0. The lowest BCUT2D eigenvalue weighted by molar-refractivity contribution is -0.511. The minimum Gasteiger partial charge on any atom is -0.292 e. The summed E-state index contributed by atoms with van der Waals surface area (Å²) >= 11 is 0. The van der Waals surface area contributed by atoms with E-state index in [0.29, 0.717) is 12.8 Å². The van der Waals surface area contributed by atoms with Crippen LogP contribution < -0.4 is 0 Å². The summed E-state index contributed by atoms with van der Waals surface area (Å²) in [6.45, 7) is 6.22. The Labute approximate surface area is 83.8 Å². The number of carbonyl (C=O) groups excluding carboxylic acids is 1. The van der Waals surface area contributed by atoms with Gasteiger partial charge in [0.05, 0.1) is 0 Å². The van der Waals surface area contributed by atoms with Gasteiger partial charge in [-0.05, 0) is 17.8 Å². The highest BCUT2D eigenvalue weighted by atomic mass is 16.6. The smallest absolute Gasteiger partial charge is 0.270 e. The molecule has 2 unspecified atom stereocenters. The molecule has 0 spiro atoms. The van der Waals surface area contributed by atoms with Crippen molar-refractivity contribution in [3.63, 3.8) is 0 Å². The Kier molecular flexibility index (Phi) is 2.92. The number of rotatable bonds is 1. The van der Waals surface area contributed by atoms with Crippen molar-refractivity contribution in [3.05, 3.63) is 10.1 Å². The van der Waals surface area contributed by atoms with Crippen molar-refractivity contribution in [2.45, 2.75) is 46.1 Å². The van der Waals surface area contributed by atoms with Crippen LogP contribution >= 0.6 is 0 Å². The second kappa shape index (κ2) is 3.67. The van der Waals surface area contributed by atoms with Crippen LogP contribution in [0, 0.1) is 21.4 Å². The zero-order valence-corrected chi connectivity index (χ0v) is 8.95. The van der Waals surface area contributed by atoms with E-state index in [1.54, 1.807) is 0 Å². The van der Waals surface area contributed by atoms with Crippen LogP contribution in [0.25, 0.3) is 0 Å². The number of hydrogen-bond donors (Lipinski definition) is 0. The van der Waals surface area contributed by atoms with Gasteiger partial charge in [-0.3, -0.25) is 14.9 Å². The summed E-state index contributed by atoms with van der Waals surface area (Å²) in [5, 5.41) is 10.6. The Bertz CT molecular complexity index is 255. The van der Waals surface area contributed by atoms with Gasteiger partial charge >= 0.3 is 0 Å². The molecular formula is C10H17NO3. The van der Waals surface area contributed by atoms with E-state index in [4.69, 9.17) is 0 Å². The second-order valence-electron chi connectivity index (χ2n) is 5.10. The Morgan fingerprint density at radius 2 is 2.00 bits per heavy atom. The maximum absolute atomic E-state index is 11.3. The summed E-state index contributed by atoms with van der Waals surface area (Å²) in [6, 6.07) is -0.951. The number of ketones is 1. The monoisotopic (exact) mass is 199 g/mol. The maximum atomic E-state index is 11.3. The van der Waals surface area contributed by atoms with E-state index in [2.05, 4.69) is 20.8 Å². The van der Waals surface area contributed by atoms with E-state index in [-0.39, 0.29) is 17.1 Å². The average molecular weight is 199 g/mol. The van der Waals surface area contributed by atoms with E-state index in [1.807, 2.05) is 0 Å². The molecule has 0 aliphatic heterocycles. The van der Waals surface area contributed by atoms with Gasteiger partial charge in [-0.1, -0.05) is 20.8 Å². The lowest BCUT2D eigenvalue weighted by atomic mass is 9.71. The van der Waals surface area contributed by atoms with Gasteiger partial charge < -0.3 is 0 Å². The normalized spacial score (nSPS) is 28.9. The first-order valence-electron chi connectivity index (χ1n) is 4.98. The first-order valence-corrected chi connectivity index (χ1v) is 4.98. The van der Waals surface area contributed by atoms with Crippen LogP contribution in [0.5, 0.6) is 0 Å². The molecule has 1 fully saturated rings. The predicted octanol–water partition coefficient (Wildman–Crippen LogP) is 2.05.